The van der Waals surface area contributed by atoms with E-state index in [0.717, 1.165) is 22.9 Å². The third-order valence-corrected chi connectivity index (χ3v) is 7.36. The Labute approximate surface area is 187 Å². The topological polar surface area (TPSA) is 66.5 Å². The van der Waals surface area contributed by atoms with Gasteiger partial charge in [0.2, 0.25) is 15.9 Å². The zero-order valence-electron chi connectivity index (χ0n) is 18.4. The monoisotopic (exact) mass is 482 g/mol. The summed E-state index contributed by atoms with van der Waals surface area (Å²) in [6.07, 6.45) is -3.38. The molecule has 0 bridgehead atoms. The highest BCUT2D eigenvalue weighted by Crippen LogP contribution is 2.37. The molecular formula is C21H30ClF3N2O3S. The Hall–Kier alpha value is -1.32. The molecule has 0 atom stereocenters. The van der Waals surface area contributed by atoms with Crippen molar-refractivity contribution in [2.24, 2.45) is 11.3 Å². The van der Waals surface area contributed by atoms with Gasteiger partial charge in [0.25, 0.3) is 0 Å². The number of alkyl halides is 3. The Kier molecular flexibility index (Phi) is 7.45. The van der Waals surface area contributed by atoms with Crippen molar-refractivity contribution in [3.05, 3.63) is 28.8 Å². The average Bonchev–Trinajstić information content (AvgIpc) is 2.58. The molecular weight excluding hydrogens is 453 g/mol. The van der Waals surface area contributed by atoms with Crippen LogP contribution in [0, 0.1) is 11.3 Å². The van der Waals surface area contributed by atoms with E-state index in [2.05, 4.69) is 26.1 Å². The standard InChI is InChI=1S/C21H30ClF3N2O3S/c1-19(2,3)13-20(4,5)26-18(28)14-8-10-27(11-9-14)31(29,30)15-6-7-17(22)16(12-15)21(23,24)25/h6-7,12,14H,8-11,13H2,1-5H3,(H,26,28). The molecule has 1 aliphatic rings. The lowest BCUT2D eigenvalue weighted by atomic mass is 9.81. The predicted octanol–water partition coefficient (Wildman–Crippen LogP) is 5.09. The van der Waals surface area contributed by atoms with E-state index in [0.29, 0.717) is 18.9 Å². The zero-order valence-corrected chi connectivity index (χ0v) is 20.0. The van der Waals surface area contributed by atoms with Gasteiger partial charge in [0.15, 0.2) is 0 Å². The summed E-state index contributed by atoms with van der Waals surface area (Å²) < 4.78 is 66.1. The molecule has 0 aromatic heterocycles. The fourth-order valence-corrected chi connectivity index (χ4v) is 5.92. The summed E-state index contributed by atoms with van der Waals surface area (Å²) in [5, 5.41) is 2.50. The Morgan fingerprint density at radius 3 is 2.16 bits per heavy atom. The second kappa shape index (κ2) is 8.90. The molecule has 176 valence electrons. The molecule has 2 rings (SSSR count). The summed E-state index contributed by atoms with van der Waals surface area (Å²) in [6, 6.07) is 2.57. The van der Waals surface area contributed by atoms with Crippen LogP contribution in [-0.4, -0.2) is 37.3 Å². The molecule has 0 saturated carbocycles. The van der Waals surface area contributed by atoms with Gasteiger partial charge in [0.1, 0.15) is 0 Å². The average molecular weight is 483 g/mol. The molecule has 10 heteroatoms. The van der Waals surface area contributed by atoms with Gasteiger partial charge in [0, 0.05) is 24.5 Å². The van der Waals surface area contributed by atoms with Gasteiger partial charge < -0.3 is 5.32 Å². The first-order valence-corrected chi connectivity index (χ1v) is 11.9. The molecule has 1 fully saturated rings. The van der Waals surface area contributed by atoms with Crippen LogP contribution in [0.3, 0.4) is 0 Å². The van der Waals surface area contributed by atoms with Crippen molar-refractivity contribution in [2.45, 2.75) is 70.5 Å². The van der Waals surface area contributed by atoms with Crippen LogP contribution in [0.1, 0.15) is 59.4 Å². The number of sulfonamides is 1. The molecule has 5 nitrogen and oxygen atoms in total. The first-order valence-electron chi connectivity index (χ1n) is 10.1. The van der Waals surface area contributed by atoms with Crippen LogP contribution in [0.25, 0.3) is 0 Å². The molecule has 0 radical (unpaired) electrons. The molecule has 1 heterocycles. The zero-order chi connectivity index (χ0) is 23.8. The van der Waals surface area contributed by atoms with Crippen molar-refractivity contribution in [1.82, 2.24) is 9.62 Å². The highest BCUT2D eigenvalue weighted by atomic mass is 35.5. The van der Waals surface area contributed by atoms with Crippen molar-refractivity contribution in [2.75, 3.05) is 13.1 Å². The van der Waals surface area contributed by atoms with Crippen molar-refractivity contribution >= 4 is 27.5 Å². The number of rotatable bonds is 5. The number of nitrogens with zero attached hydrogens (tertiary/aromatic N) is 1. The summed E-state index contributed by atoms with van der Waals surface area (Å²) >= 11 is 5.59. The maximum atomic E-state index is 13.1. The molecule has 1 saturated heterocycles. The quantitative estimate of drug-likeness (QED) is 0.635. The van der Waals surface area contributed by atoms with E-state index < -0.39 is 37.2 Å². The van der Waals surface area contributed by atoms with Gasteiger partial charge in [-0.15, -0.1) is 0 Å². The number of hydrogen-bond donors (Lipinski definition) is 1. The first-order chi connectivity index (χ1) is 13.9. The van der Waals surface area contributed by atoms with Gasteiger partial charge in [-0.05, 0) is 56.7 Å². The van der Waals surface area contributed by atoms with Crippen LogP contribution in [0.5, 0.6) is 0 Å². The number of benzene rings is 1. The Balaban J connectivity index is 2.08. The van der Waals surface area contributed by atoms with Crippen LogP contribution in [0.2, 0.25) is 5.02 Å². The minimum atomic E-state index is -4.76. The highest BCUT2D eigenvalue weighted by Gasteiger charge is 2.37. The van der Waals surface area contributed by atoms with Crippen LogP contribution in [0.4, 0.5) is 13.2 Å². The summed E-state index contributed by atoms with van der Waals surface area (Å²) in [4.78, 5) is 12.2. The van der Waals surface area contributed by atoms with E-state index in [9.17, 15) is 26.4 Å². The Bertz CT molecular complexity index is 917. The summed E-state index contributed by atoms with van der Waals surface area (Å²) in [7, 11) is -4.13. The van der Waals surface area contributed by atoms with E-state index in [1.165, 1.54) is 0 Å². The fraction of sp³-hybridized carbons (Fsp3) is 0.667. The number of amides is 1. The molecule has 1 N–H and O–H groups in total. The van der Waals surface area contributed by atoms with E-state index in [1.54, 1.807) is 0 Å². The van der Waals surface area contributed by atoms with E-state index in [1.807, 2.05) is 13.8 Å². The maximum absolute atomic E-state index is 13.1. The highest BCUT2D eigenvalue weighted by molar-refractivity contribution is 7.89. The number of halogens is 4. The molecule has 0 spiro atoms. The van der Waals surface area contributed by atoms with Crippen LogP contribution in [-0.2, 0) is 21.0 Å². The van der Waals surface area contributed by atoms with E-state index >= 15 is 0 Å². The van der Waals surface area contributed by atoms with Crippen LogP contribution >= 0.6 is 11.6 Å². The first kappa shape index (κ1) is 25.9. The number of nitrogens with one attached hydrogen (secondary N) is 1. The lowest BCUT2D eigenvalue weighted by molar-refractivity contribution is -0.137. The predicted molar refractivity (Wildman–Crippen MR) is 114 cm³/mol. The second-order valence-electron chi connectivity index (χ2n) is 9.93. The van der Waals surface area contributed by atoms with Crippen molar-refractivity contribution in [3.8, 4) is 0 Å². The summed E-state index contributed by atoms with van der Waals surface area (Å²) in [5.74, 6) is -0.473. The minimum Gasteiger partial charge on any atom is -0.351 e. The van der Waals surface area contributed by atoms with Gasteiger partial charge in [-0.1, -0.05) is 32.4 Å². The molecule has 0 unspecified atom stereocenters. The molecule has 1 aromatic rings. The fourth-order valence-electron chi connectivity index (χ4n) is 4.20. The van der Waals surface area contributed by atoms with Gasteiger partial charge >= 0.3 is 6.18 Å². The number of hydrogen-bond acceptors (Lipinski definition) is 3. The number of piperidine rings is 1. The normalized spacial score (nSPS) is 17.6. The van der Waals surface area contributed by atoms with Crippen molar-refractivity contribution in [1.29, 1.82) is 0 Å². The van der Waals surface area contributed by atoms with Gasteiger partial charge in [0.05, 0.1) is 15.5 Å². The smallest absolute Gasteiger partial charge is 0.351 e. The van der Waals surface area contributed by atoms with E-state index in [-0.39, 0.29) is 30.3 Å². The summed E-state index contributed by atoms with van der Waals surface area (Å²) in [6.45, 7) is 10.3. The third kappa shape index (κ3) is 6.83. The van der Waals surface area contributed by atoms with E-state index in [4.69, 9.17) is 11.6 Å². The second-order valence-corrected chi connectivity index (χ2v) is 12.3. The number of carbonyl (C=O) groups excluding carboxylic acids is 1. The summed E-state index contributed by atoms with van der Waals surface area (Å²) in [5.41, 5.74) is -1.57. The van der Waals surface area contributed by atoms with Gasteiger partial charge in [-0.2, -0.15) is 17.5 Å². The Morgan fingerprint density at radius 1 is 1.13 bits per heavy atom. The molecule has 31 heavy (non-hydrogen) atoms. The molecule has 0 aliphatic carbocycles. The molecule has 1 aliphatic heterocycles. The lowest BCUT2D eigenvalue weighted by Gasteiger charge is -2.36. The van der Waals surface area contributed by atoms with Gasteiger partial charge in [-0.3, -0.25) is 4.79 Å². The number of carbonyl (C=O) groups is 1. The minimum absolute atomic E-state index is 0.0298. The molecule has 1 aromatic carbocycles. The Morgan fingerprint density at radius 2 is 1.68 bits per heavy atom. The van der Waals surface area contributed by atoms with Crippen LogP contribution in [0.15, 0.2) is 23.1 Å². The maximum Gasteiger partial charge on any atom is 0.417 e. The van der Waals surface area contributed by atoms with Crippen molar-refractivity contribution < 1.29 is 26.4 Å². The van der Waals surface area contributed by atoms with Crippen molar-refractivity contribution in [3.63, 3.8) is 0 Å². The van der Waals surface area contributed by atoms with Crippen LogP contribution < -0.4 is 5.32 Å². The SMILES string of the molecule is CC(C)(C)CC(C)(C)NC(=O)C1CCN(S(=O)(=O)c2ccc(Cl)c(C(F)(F)F)c2)CC1. The third-order valence-electron chi connectivity index (χ3n) is 5.14. The van der Waals surface area contributed by atoms with Gasteiger partial charge in [-0.25, -0.2) is 8.42 Å². The molecule has 1 amide bonds. The largest absolute Gasteiger partial charge is 0.417 e. The lowest BCUT2D eigenvalue weighted by Crippen LogP contribution is -2.50.